The lowest BCUT2D eigenvalue weighted by Crippen LogP contribution is -2.34. The number of likely N-dealkylation sites (tertiary alicyclic amines) is 1. The molecule has 0 aliphatic carbocycles. The summed E-state index contributed by atoms with van der Waals surface area (Å²) in [4.78, 5) is 60.1. The largest absolute Gasteiger partial charge is 0.379 e. The highest BCUT2D eigenvalue weighted by molar-refractivity contribution is 6.04. The minimum atomic E-state index is -0.322. The highest BCUT2D eigenvalue weighted by atomic mass is 16.5. The van der Waals surface area contributed by atoms with Crippen LogP contribution in [-0.4, -0.2) is 73.7 Å². The molecular formula is C41H66N2O7. The number of amides is 3. The van der Waals surface area contributed by atoms with Gasteiger partial charge >= 0.3 is 0 Å². The molecule has 0 aromatic heterocycles. The maximum Gasteiger partial charge on any atom is 0.230 e. The number of rotatable bonds is 33. The molecule has 9 nitrogen and oxygen atoms in total. The number of ether oxygens (including phenoxy) is 2. The Hall–Kier alpha value is -3.01. The summed E-state index contributed by atoms with van der Waals surface area (Å²) < 4.78 is 11.0. The summed E-state index contributed by atoms with van der Waals surface area (Å²) in [5.41, 5.74) is 0. The molecule has 1 saturated heterocycles. The first-order valence-electron chi connectivity index (χ1n) is 19.7. The van der Waals surface area contributed by atoms with Gasteiger partial charge in [0.15, 0.2) is 5.78 Å². The van der Waals surface area contributed by atoms with Gasteiger partial charge in [-0.3, -0.25) is 28.9 Å². The van der Waals surface area contributed by atoms with Crippen LogP contribution in [0.1, 0.15) is 167 Å². The van der Waals surface area contributed by atoms with E-state index in [4.69, 9.17) is 9.47 Å². The second-order valence-corrected chi connectivity index (χ2v) is 13.3. The van der Waals surface area contributed by atoms with Crippen LogP contribution in [0, 0.1) is 23.7 Å². The van der Waals surface area contributed by atoms with E-state index >= 15 is 0 Å². The summed E-state index contributed by atoms with van der Waals surface area (Å²) in [7, 11) is 0. The lowest BCUT2D eigenvalue weighted by atomic mass is 10.1. The average Bonchev–Trinajstić information content (AvgIpc) is 3.42. The Balaban J connectivity index is 1.79. The number of carbonyl (C=O) groups excluding carboxylic acids is 5. The number of carbonyl (C=O) groups is 5. The molecule has 0 saturated carbocycles. The van der Waals surface area contributed by atoms with Crippen molar-refractivity contribution in [2.24, 2.45) is 0 Å². The minimum absolute atomic E-state index is 0.0357. The normalized spacial score (nSPS) is 12.4. The van der Waals surface area contributed by atoms with Gasteiger partial charge in [-0.15, -0.1) is 0 Å². The second-order valence-electron chi connectivity index (χ2n) is 13.3. The molecule has 1 fully saturated rings. The minimum Gasteiger partial charge on any atom is -0.379 e. The second kappa shape index (κ2) is 33.2. The average molecular weight is 699 g/mol. The van der Waals surface area contributed by atoms with Crippen molar-refractivity contribution in [2.45, 2.75) is 167 Å². The van der Waals surface area contributed by atoms with Crippen molar-refractivity contribution < 1.29 is 33.4 Å². The zero-order valence-electron chi connectivity index (χ0n) is 31.2. The standard InChI is InChI=1S/C41H66N2O7/c1-2-3-4-5-6-7-8-9-10-11-12-13-14-15-16-17-18-19-20-21-22-23-26-39(46)42-31-33-50-35-34-49-32-24-25-37(44)27-28-38(45)36-43-40(47)29-30-41(43)48/h2-12,17-36H2,1H3,(H,42,46). The van der Waals surface area contributed by atoms with E-state index in [1.807, 2.05) is 0 Å². The molecule has 3 amide bonds. The molecule has 1 N–H and O–H groups in total. The van der Waals surface area contributed by atoms with Gasteiger partial charge in [-0.2, -0.15) is 0 Å². The molecule has 50 heavy (non-hydrogen) atoms. The van der Waals surface area contributed by atoms with Crippen LogP contribution in [0.25, 0.3) is 0 Å². The first-order chi connectivity index (χ1) is 24.4. The van der Waals surface area contributed by atoms with Gasteiger partial charge in [0.2, 0.25) is 17.7 Å². The maximum absolute atomic E-state index is 12.0. The summed E-state index contributed by atoms with van der Waals surface area (Å²) in [6, 6.07) is 0. The Kier molecular flexibility index (Phi) is 29.8. The van der Waals surface area contributed by atoms with Crippen LogP contribution >= 0.6 is 0 Å². The predicted octanol–water partition coefficient (Wildman–Crippen LogP) is 7.42. The van der Waals surface area contributed by atoms with Crippen LogP contribution in [0.15, 0.2) is 0 Å². The van der Waals surface area contributed by atoms with E-state index in [1.165, 1.54) is 77.0 Å². The molecular weight excluding hydrogens is 632 g/mol. The fourth-order valence-corrected chi connectivity index (χ4v) is 5.62. The highest BCUT2D eigenvalue weighted by Crippen LogP contribution is 2.13. The Morgan fingerprint density at radius 3 is 1.66 bits per heavy atom. The van der Waals surface area contributed by atoms with Crippen molar-refractivity contribution in [1.82, 2.24) is 10.2 Å². The first-order valence-corrected chi connectivity index (χ1v) is 19.7. The Morgan fingerprint density at radius 2 is 1.08 bits per heavy atom. The van der Waals surface area contributed by atoms with Crippen LogP contribution in [0.4, 0.5) is 0 Å². The number of nitrogens with one attached hydrogen (secondary N) is 1. The fourth-order valence-electron chi connectivity index (χ4n) is 5.62. The summed E-state index contributed by atoms with van der Waals surface area (Å²) in [5, 5.41) is 2.89. The zero-order chi connectivity index (χ0) is 36.3. The van der Waals surface area contributed by atoms with Gasteiger partial charge in [0.1, 0.15) is 5.78 Å². The maximum atomic E-state index is 12.0. The van der Waals surface area contributed by atoms with Crippen molar-refractivity contribution in [2.75, 3.05) is 39.5 Å². The quantitative estimate of drug-likeness (QED) is 0.0430. The number of unbranched alkanes of at least 4 members (excludes halogenated alkanes) is 16. The van der Waals surface area contributed by atoms with Crippen LogP contribution in [0.5, 0.6) is 0 Å². The lowest BCUT2D eigenvalue weighted by Gasteiger charge is -2.12. The van der Waals surface area contributed by atoms with E-state index < -0.39 is 0 Å². The van der Waals surface area contributed by atoms with Gasteiger partial charge in [0.05, 0.1) is 26.4 Å². The van der Waals surface area contributed by atoms with Crippen molar-refractivity contribution in [3.05, 3.63) is 0 Å². The van der Waals surface area contributed by atoms with Gasteiger partial charge in [-0.05, 0) is 37.5 Å². The van der Waals surface area contributed by atoms with Gasteiger partial charge in [-0.1, -0.05) is 102 Å². The molecule has 1 aliphatic heterocycles. The van der Waals surface area contributed by atoms with Crippen LogP contribution in [0.2, 0.25) is 0 Å². The van der Waals surface area contributed by atoms with Crippen molar-refractivity contribution in [1.29, 1.82) is 0 Å². The van der Waals surface area contributed by atoms with Gasteiger partial charge in [0, 0.05) is 64.5 Å². The molecule has 0 aromatic carbocycles. The number of imide groups is 1. The van der Waals surface area contributed by atoms with Crippen LogP contribution in [-0.2, 0) is 33.4 Å². The Labute approximate surface area is 303 Å². The third-order valence-corrected chi connectivity index (χ3v) is 8.71. The molecule has 1 rings (SSSR count). The molecule has 0 radical (unpaired) electrons. The first kappa shape index (κ1) is 45.0. The van der Waals surface area contributed by atoms with Gasteiger partial charge < -0.3 is 14.8 Å². The molecule has 0 aromatic rings. The van der Waals surface area contributed by atoms with E-state index in [1.54, 1.807) is 0 Å². The molecule has 282 valence electrons. The van der Waals surface area contributed by atoms with E-state index in [2.05, 4.69) is 35.9 Å². The number of ketones is 2. The summed E-state index contributed by atoms with van der Waals surface area (Å²) in [5.74, 6) is 11.5. The summed E-state index contributed by atoms with van der Waals surface area (Å²) in [6.07, 6.45) is 23.8. The molecule has 1 heterocycles. The highest BCUT2D eigenvalue weighted by Gasteiger charge is 2.30. The number of Topliss-reactive ketones (excluding diaryl/α,β-unsaturated/α-hetero) is 2. The van der Waals surface area contributed by atoms with Crippen molar-refractivity contribution in [3.8, 4) is 23.7 Å². The smallest absolute Gasteiger partial charge is 0.230 e. The molecule has 0 bridgehead atoms. The van der Waals surface area contributed by atoms with Crippen LogP contribution < -0.4 is 5.32 Å². The fraction of sp³-hybridized carbons (Fsp3) is 0.780. The molecule has 0 unspecified atom stereocenters. The van der Waals surface area contributed by atoms with Crippen LogP contribution in [0.3, 0.4) is 0 Å². The molecule has 0 spiro atoms. The Bertz CT molecular complexity index is 1070. The predicted molar refractivity (Wildman–Crippen MR) is 198 cm³/mol. The zero-order valence-corrected chi connectivity index (χ0v) is 31.2. The monoisotopic (exact) mass is 698 g/mol. The topological polar surface area (TPSA) is 119 Å². The Morgan fingerprint density at radius 1 is 0.580 bits per heavy atom. The van der Waals surface area contributed by atoms with Crippen molar-refractivity contribution in [3.63, 3.8) is 0 Å². The third kappa shape index (κ3) is 27.8. The molecule has 9 heteroatoms. The third-order valence-electron chi connectivity index (χ3n) is 8.71. The summed E-state index contributed by atoms with van der Waals surface area (Å²) in [6.45, 7) is 4.15. The number of nitrogens with zero attached hydrogens (tertiary/aromatic N) is 1. The molecule has 0 atom stereocenters. The van der Waals surface area contributed by atoms with Gasteiger partial charge in [-0.25, -0.2) is 0 Å². The van der Waals surface area contributed by atoms with E-state index in [0.717, 1.165) is 43.4 Å². The molecule has 1 aliphatic rings. The van der Waals surface area contributed by atoms with E-state index in [9.17, 15) is 24.0 Å². The van der Waals surface area contributed by atoms with Crippen molar-refractivity contribution >= 4 is 29.3 Å². The van der Waals surface area contributed by atoms with E-state index in [0.29, 0.717) is 52.2 Å². The number of hydrogen-bond acceptors (Lipinski definition) is 7. The lowest BCUT2D eigenvalue weighted by molar-refractivity contribution is -0.141. The summed E-state index contributed by atoms with van der Waals surface area (Å²) >= 11 is 0. The SMILES string of the molecule is CCCCCCCCCCCCC#CC#CCCCCCCCCC(=O)NCCOCCOCCCC(=O)CCC(=O)CN1C(=O)CCC1=O. The van der Waals surface area contributed by atoms with E-state index in [-0.39, 0.29) is 61.5 Å². The number of hydrogen-bond donors (Lipinski definition) is 1. The van der Waals surface area contributed by atoms with Gasteiger partial charge in [0.25, 0.3) is 0 Å².